The average molecular weight is 628 g/mol. The van der Waals surface area contributed by atoms with E-state index in [1.54, 1.807) is 60.7 Å². The van der Waals surface area contributed by atoms with Crippen molar-refractivity contribution in [3.05, 3.63) is 131 Å². The van der Waals surface area contributed by atoms with Gasteiger partial charge in [0.25, 0.3) is 0 Å². The van der Waals surface area contributed by atoms with Crippen molar-refractivity contribution in [1.29, 1.82) is 0 Å². The number of carbonyl (C=O) groups is 2. The van der Waals surface area contributed by atoms with Crippen molar-refractivity contribution in [2.75, 3.05) is 50.3 Å². The third-order valence-corrected chi connectivity index (χ3v) is 5.83. The third-order valence-electron chi connectivity index (χ3n) is 5.83. The monoisotopic (exact) mass is 628 g/mol. The molecule has 11 heteroatoms. The summed E-state index contributed by atoms with van der Waals surface area (Å²) in [6.45, 7) is 0.770. The average Bonchev–Trinajstić information content (AvgIpc) is 3.00. The number of amides is 2. The van der Waals surface area contributed by atoms with E-state index >= 15 is 0 Å². The van der Waals surface area contributed by atoms with Gasteiger partial charge in [-0.2, -0.15) is 0 Å². The summed E-state index contributed by atoms with van der Waals surface area (Å²) < 4.78 is 63.6. The van der Waals surface area contributed by atoms with Gasteiger partial charge in [0.15, 0.2) is 0 Å². The molecule has 0 atom stereocenters. The Bertz CT molecular complexity index is 1350. The summed E-state index contributed by atoms with van der Waals surface area (Å²) in [5.41, 5.74) is 0.777. The molecule has 0 spiro atoms. The van der Waals surface area contributed by atoms with Gasteiger partial charge >= 0.3 is 21.7 Å². The Hall–Kier alpha value is -3.83. The quantitative estimate of drug-likeness (QED) is 0.121. The third kappa shape index (κ3) is 10.1. The number of hydrogen-bond acceptors (Lipinski definition) is 4. The largest absolute Gasteiger partial charge is 2.00 e. The number of halogens is 4. The SMILES string of the molecule is COCCN(C(=O)c1ccccc1)c1ccc(F)[c-]c1F.COCCN(C(=O)c1ccccc1)c1ccc(F)[c-]c1F.[Ti+2]. The van der Waals surface area contributed by atoms with Gasteiger partial charge in [-0.25, -0.2) is 17.6 Å². The van der Waals surface area contributed by atoms with Crippen molar-refractivity contribution >= 4 is 23.2 Å². The van der Waals surface area contributed by atoms with E-state index in [-0.39, 0.29) is 71.2 Å². The normalized spacial score (nSPS) is 10.2. The van der Waals surface area contributed by atoms with Crippen LogP contribution in [0.4, 0.5) is 28.9 Å². The maximum Gasteiger partial charge on any atom is 2.00 e. The van der Waals surface area contributed by atoms with Gasteiger partial charge in [0.1, 0.15) is 0 Å². The molecule has 0 aliphatic carbocycles. The topological polar surface area (TPSA) is 59.1 Å². The van der Waals surface area contributed by atoms with Gasteiger partial charge in [-0.1, -0.05) is 36.4 Å². The zero-order valence-electron chi connectivity index (χ0n) is 23.5. The Morgan fingerprint density at radius 1 is 0.605 bits per heavy atom. The first-order valence-electron chi connectivity index (χ1n) is 12.7. The Morgan fingerprint density at radius 2 is 0.953 bits per heavy atom. The number of methoxy groups -OCH3 is 2. The summed E-state index contributed by atoms with van der Waals surface area (Å²) in [7, 11) is 2.97. The van der Waals surface area contributed by atoms with Crippen LogP contribution in [-0.4, -0.2) is 52.3 Å². The molecule has 0 bridgehead atoms. The first-order valence-corrected chi connectivity index (χ1v) is 12.7. The van der Waals surface area contributed by atoms with Crippen molar-refractivity contribution in [3.63, 3.8) is 0 Å². The van der Waals surface area contributed by atoms with E-state index in [1.807, 2.05) is 12.1 Å². The maximum atomic E-state index is 13.9. The summed E-state index contributed by atoms with van der Waals surface area (Å²) in [4.78, 5) is 27.4. The molecule has 0 radical (unpaired) electrons. The molecule has 43 heavy (non-hydrogen) atoms. The summed E-state index contributed by atoms with van der Waals surface area (Å²) in [6.07, 6.45) is 0. The minimum absolute atomic E-state index is 0. The van der Waals surface area contributed by atoms with E-state index in [0.29, 0.717) is 11.1 Å². The Labute approximate surface area is 262 Å². The second-order valence-corrected chi connectivity index (χ2v) is 8.64. The summed E-state index contributed by atoms with van der Waals surface area (Å²) in [5.74, 6) is -4.20. The summed E-state index contributed by atoms with van der Waals surface area (Å²) in [6, 6.07) is 25.4. The van der Waals surface area contributed by atoms with Crippen LogP contribution in [0.15, 0.2) is 84.9 Å². The molecule has 0 aromatic heterocycles. The van der Waals surface area contributed by atoms with E-state index in [2.05, 4.69) is 0 Å². The summed E-state index contributed by atoms with van der Waals surface area (Å²) >= 11 is 0. The zero-order chi connectivity index (χ0) is 30.5. The van der Waals surface area contributed by atoms with Crippen LogP contribution in [0.25, 0.3) is 0 Å². The molecule has 4 aromatic rings. The molecule has 2 amide bonds. The van der Waals surface area contributed by atoms with Gasteiger partial charge in [-0.15, -0.1) is 36.4 Å². The van der Waals surface area contributed by atoms with Gasteiger partial charge in [-0.3, -0.25) is 9.59 Å². The van der Waals surface area contributed by atoms with E-state index in [4.69, 9.17) is 9.47 Å². The van der Waals surface area contributed by atoms with Crippen molar-refractivity contribution in [3.8, 4) is 0 Å². The first kappa shape index (κ1) is 35.4. The Morgan fingerprint density at radius 3 is 1.26 bits per heavy atom. The van der Waals surface area contributed by atoms with Crippen molar-refractivity contribution in [2.24, 2.45) is 0 Å². The van der Waals surface area contributed by atoms with Crippen LogP contribution in [0, 0.1) is 35.4 Å². The minimum atomic E-state index is -0.907. The van der Waals surface area contributed by atoms with Crippen molar-refractivity contribution < 1.29 is 58.3 Å². The maximum absolute atomic E-state index is 13.9. The van der Waals surface area contributed by atoms with Crippen LogP contribution in [0.5, 0.6) is 0 Å². The molecule has 4 rings (SSSR count). The standard InChI is InChI=1S/2C16H14F2NO2.Ti/c2*1-21-10-9-19(15-8-7-13(17)11-14(15)18)16(20)12-5-3-2-4-6-12;/h2*2-8H,9-10H2,1H3;/q2*-1;+2. The second-order valence-electron chi connectivity index (χ2n) is 8.64. The number of ether oxygens (including phenoxy) is 2. The van der Waals surface area contributed by atoms with Crippen LogP contribution in [0.2, 0.25) is 0 Å². The fourth-order valence-corrected chi connectivity index (χ4v) is 3.79. The second kappa shape index (κ2) is 18.0. The number of benzene rings is 4. The zero-order valence-corrected chi connectivity index (χ0v) is 25.0. The molecule has 0 fully saturated rings. The van der Waals surface area contributed by atoms with Gasteiger partial charge in [0, 0.05) is 61.7 Å². The molecular weight excluding hydrogens is 600 g/mol. The molecule has 0 unspecified atom stereocenters. The number of hydrogen-bond donors (Lipinski definition) is 0. The smallest absolute Gasteiger partial charge is 0.383 e. The van der Waals surface area contributed by atoms with E-state index < -0.39 is 23.3 Å². The molecule has 4 aromatic carbocycles. The van der Waals surface area contributed by atoms with Gasteiger partial charge < -0.3 is 19.3 Å². The molecule has 0 N–H and O–H groups in total. The van der Waals surface area contributed by atoms with Crippen LogP contribution in [0.1, 0.15) is 20.7 Å². The first-order chi connectivity index (χ1) is 20.3. The molecular formula is C32H28F4N2O4Ti. The van der Waals surface area contributed by atoms with Crippen LogP contribution >= 0.6 is 0 Å². The Balaban J connectivity index is 0.000000293. The molecule has 6 nitrogen and oxygen atoms in total. The van der Waals surface area contributed by atoms with Crippen LogP contribution in [0.3, 0.4) is 0 Å². The fraction of sp³-hybridized carbons (Fsp3) is 0.188. The predicted octanol–water partition coefficient (Wildman–Crippen LogP) is 6.11. The summed E-state index contributed by atoms with van der Waals surface area (Å²) in [5, 5.41) is 0. The molecule has 0 saturated heterocycles. The van der Waals surface area contributed by atoms with Crippen molar-refractivity contribution in [1.82, 2.24) is 0 Å². The van der Waals surface area contributed by atoms with E-state index in [9.17, 15) is 27.2 Å². The van der Waals surface area contributed by atoms with Crippen LogP contribution < -0.4 is 9.80 Å². The molecule has 0 saturated carbocycles. The van der Waals surface area contributed by atoms with Gasteiger partial charge in [0.2, 0.25) is 11.8 Å². The molecule has 0 heterocycles. The van der Waals surface area contributed by atoms with Gasteiger partial charge in [-0.05, 0) is 35.6 Å². The number of rotatable bonds is 10. The Kier molecular flexibility index (Phi) is 14.8. The fourth-order valence-electron chi connectivity index (χ4n) is 3.79. The predicted molar refractivity (Wildman–Crippen MR) is 150 cm³/mol. The molecule has 222 valence electrons. The molecule has 0 aliphatic rings. The number of nitrogens with zero attached hydrogens (tertiary/aromatic N) is 2. The minimum Gasteiger partial charge on any atom is -0.383 e. The number of carbonyl (C=O) groups excluding carboxylic acids is 2. The number of anilines is 2. The van der Waals surface area contributed by atoms with Crippen LogP contribution in [-0.2, 0) is 31.2 Å². The molecule has 0 aliphatic heterocycles. The van der Waals surface area contributed by atoms with E-state index in [1.165, 1.54) is 36.2 Å². The van der Waals surface area contributed by atoms with Gasteiger partial charge in [0.05, 0.1) is 13.2 Å². The van der Waals surface area contributed by atoms with Crippen molar-refractivity contribution in [2.45, 2.75) is 0 Å². The van der Waals surface area contributed by atoms with E-state index in [0.717, 1.165) is 12.1 Å².